The summed E-state index contributed by atoms with van der Waals surface area (Å²) in [6.45, 7) is 6.75. The van der Waals surface area contributed by atoms with Crippen molar-refractivity contribution in [3.8, 4) is 0 Å². The molecule has 0 radical (unpaired) electrons. The van der Waals surface area contributed by atoms with E-state index < -0.39 is 0 Å². The van der Waals surface area contributed by atoms with Crippen molar-refractivity contribution in [3.63, 3.8) is 0 Å². The highest BCUT2D eigenvalue weighted by Crippen LogP contribution is 2.38. The summed E-state index contributed by atoms with van der Waals surface area (Å²) in [5.74, 6) is 2.00. The lowest BCUT2D eigenvalue weighted by Gasteiger charge is -2.30. The van der Waals surface area contributed by atoms with E-state index in [1.54, 1.807) is 0 Å². The first-order valence-corrected chi connectivity index (χ1v) is 7.38. The minimum atomic E-state index is -0.242. The van der Waals surface area contributed by atoms with Gasteiger partial charge in [-0.05, 0) is 18.8 Å². The molecule has 0 amide bonds. The van der Waals surface area contributed by atoms with Crippen LogP contribution in [-0.2, 0) is 13.0 Å². The van der Waals surface area contributed by atoms with Gasteiger partial charge in [-0.3, -0.25) is 4.90 Å². The number of hydrogen-bond acceptors (Lipinski definition) is 4. The van der Waals surface area contributed by atoms with E-state index in [-0.39, 0.29) is 6.10 Å². The molecule has 1 atom stereocenters. The molecular formula is C15H23N3O. The molecule has 1 fully saturated rings. The van der Waals surface area contributed by atoms with Gasteiger partial charge in [-0.2, -0.15) is 0 Å². The van der Waals surface area contributed by atoms with Gasteiger partial charge in [-0.1, -0.05) is 13.8 Å². The van der Waals surface area contributed by atoms with E-state index in [1.165, 1.54) is 24.1 Å². The lowest BCUT2D eigenvalue weighted by atomic mass is 10.0. The molecule has 0 aromatic carbocycles. The van der Waals surface area contributed by atoms with Crippen molar-refractivity contribution in [2.75, 3.05) is 13.1 Å². The highest BCUT2D eigenvalue weighted by Gasteiger charge is 2.28. The first-order valence-electron chi connectivity index (χ1n) is 7.38. The molecule has 4 heteroatoms. The largest absolute Gasteiger partial charge is 0.392 e. The molecule has 2 aliphatic rings. The molecule has 4 nitrogen and oxygen atoms in total. The second-order valence-corrected chi connectivity index (χ2v) is 6.27. The van der Waals surface area contributed by atoms with Gasteiger partial charge in [0, 0.05) is 49.4 Å². The molecule has 3 rings (SSSR count). The number of aliphatic hydroxyl groups is 1. The van der Waals surface area contributed by atoms with Gasteiger partial charge in [-0.15, -0.1) is 0 Å². The third-order valence-electron chi connectivity index (χ3n) is 4.19. The van der Waals surface area contributed by atoms with Gasteiger partial charge in [0.15, 0.2) is 0 Å². The van der Waals surface area contributed by atoms with E-state index in [2.05, 4.69) is 23.7 Å². The highest BCUT2D eigenvalue weighted by molar-refractivity contribution is 5.22. The van der Waals surface area contributed by atoms with Crippen LogP contribution in [0, 0.1) is 5.92 Å². The zero-order valence-corrected chi connectivity index (χ0v) is 11.8. The topological polar surface area (TPSA) is 49.2 Å². The SMILES string of the molecule is CC(C)C(O)CN1CCc2nc(C3CC3)ncc2C1. The Hall–Kier alpha value is -1.00. The molecule has 1 unspecified atom stereocenters. The monoisotopic (exact) mass is 261 g/mol. The standard InChI is InChI=1S/C15H23N3O/c1-10(2)14(19)9-18-6-5-13-12(8-18)7-16-15(17-13)11-3-4-11/h7,10-11,14,19H,3-6,8-9H2,1-2H3. The molecule has 0 saturated heterocycles. The molecule has 1 aliphatic heterocycles. The number of aromatic nitrogens is 2. The van der Waals surface area contributed by atoms with Crippen molar-refractivity contribution in [1.29, 1.82) is 0 Å². The molecule has 104 valence electrons. The minimum absolute atomic E-state index is 0.242. The van der Waals surface area contributed by atoms with E-state index in [4.69, 9.17) is 4.98 Å². The maximum absolute atomic E-state index is 9.98. The van der Waals surface area contributed by atoms with E-state index in [0.29, 0.717) is 11.8 Å². The van der Waals surface area contributed by atoms with Crippen molar-refractivity contribution in [1.82, 2.24) is 14.9 Å². The Balaban J connectivity index is 1.66. The van der Waals surface area contributed by atoms with Gasteiger partial charge in [0.1, 0.15) is 5.82 Å². The number of hydrogen-bond donors (Lipinski definition) is 1. The summed E-state index contributed by atoms with van der Waals surface area (Å²) in [5, 5.41) is 9.98. The number of aliphatic hydroxyl groups excluding tert-OH is 1. The van der Waals surface area contributed by atoms with E-state index >= 15 is 0 Å². The second-order valence-electron chi connectivity index (χ2n) is 6.27. The summed E-state index contributed by atoms with van der Waals surface area (Å²) < 4.78 is 0. The molecule has 1 aromatic heterocycles. The summed E-state index contributed by atoms with van der Waals surface area (Å²) in [6.07, 6.45) is 5.26. The first-order chi connectivity index (χ1) is 9.13. The van der Waals surface area contributed by atoms with Crippen molar-refractivity contribution in [3.05, 3.63) is 23.3 Å². The second kappa shape index (κ2) is 5.17. The highest BCUT2D eigenvalue weighted by atomic mass is 16.3. The van der Waals surface area contributed by atoms with Crippen LogP contribution in [0.5, 0.6) is 0 Å². The number of fused-ring (bicyclic) bond motifs is 1. The Kier molecular flexibility index (Phi) is 3.54. The number of nitrogens with zero attached hydrogens (tertiary/aromatic N) is 3. The van der Waals surface area contributed by atoms with Crippen molar-refractivity contribution < 1.29 is 5.11 Å². The van der Waals surface area contributed by atoms with Crippen LogP contribution in [0.4, 0.5) is 0 Å². The van der Waals surface area contributed by atoms with Gasteiger partial charge >= 0.3 is 0 Å². The third kappa shape index (κ3) is 2.95. The van der Waals surface area contributed by atoms with E-state index in [9.17, 15) is 5.11 Å². The van der Waals surface area contributed by atoms with Gasteiger partial charge < -0.3 is 5.11 Å². The lowest BCUT2D eigenvalue weighted by molar-refractivity contribution is 0.0706. The summed E-state index contributed by atoms with van der Waals surface area (Å²) in [6, 6.07) is 0. The average Bonchev–Trinajstić information content (AvgIpc) is 3.22. The fourth-order valence-corrected chi connectivity index (χ4v) is 2.56. The van der Waals surface area contributed by atoms with Crippen molar-refractivity contribution >= 4 is 0 Å². The fourth-order valence-electron chi connectivity index (χ4n) is 2.56. The maximum atomic E-state index is 9.98. The lowest BCUT2D eigenvalue weighted by Crippen LogP contribution is -2.38. The Morgan fingerprint density at radius 3 is 2.89 bits per heavy atom. The average molecular weight is 261 g/mol. The summed E-state index contributed by atoms with van der Waals surface area (Å²) >= 11 is 0. The Morgan fingerprint density at radius 1 is 1.42 bits per heavy atom. The Labute approximate surface area is 114 Å². The fraction of sp³-hybridized carbons (Fsp3) is 0.733. The Bertz CT molecular complexity index is 457. The molecule has 0 spiro atoms. The molecule has 1 N–H and O–H groups in total. The summed E-state index contributed by atoms with van der Waals surface area (Å²) in [5.41, 5.74) is 2.47. The molecular weight excluding hydrogens is 238 g/mol. The smallest absolute Gasteiger partial charge is 0.131 e. The van der Waals surface area contributed by atoms with Crippen LogP contribution in [0.25, 0.3) is 0 Å². The quantitative estimate of drug-likeness (QED) is 0.896. The van der Waals surface area contributed by atoms with Crippen LogP contribution in [0.15, 0.2) is 6.20 Å². The van der Waals surface area contributed by atoms with Crippen LogP contribution >= 0.6 is 0 Å². The van der Waals surface area contributed by atoms with Crippen LogP contribution in [0.2, 0.25) is 0 Å². The van der Waals surface area contributed by atoms with Crippen molar-refractivity contribution in [2.45, 2.75) is 51.7 Å². The van der Waals surface area contributed by atoms with Crippen LogP contribution in [-0.4, -0.2) is 39.2 Å². The summed E-state index contributed by atoms with van der Waals surface area (Å²) in [7, 11) is 0. The molecule has 0 bridgehead atoms. The molecule has 1 aromatic rings. The van der Waals surface area contributed by atoms with Crippen LogP contribution in [0.3, 0.4) is 0 Å². The van der Waals surface area contributed by atoms with Crippen molar-refractivity contribution in [2.24, 2.45) is 5.92 Å². The third-order valence-corrected chi connectivity index (χ3v) is 4.19. The van der Waals surface area contributed by atoms with Gasteiger partial charge in [-0.25, -0.2) is 9.97 Å². The normalized spacial score (nSPS) is 21.5. The predicted octanol–water partition coefficient (Wildman–Crippen LogP) is 1.73. The van der Waals surface area contributed by atoms with Crippen LogP contribution < -0.4 is 0 Å². The number of β-amino-alcohol motifs (C(OH)–C–C–N with tert-alkyl or cyclic N) is 1. The first kappa shape index (κ1) is 13.0. The van der Waals surface area contributed by atoms with E-state index in [1.807, 2.05) is 6.20 Å². The van der Waals surface area contributed by atoms with Crippen LogP contribution in [0.1, 0.15) is 49.7 Å². The molecule has 1 aliphatic carbocycles. The van der Waals surface area contributed by atoms with Gasteiger partial charge in [0.25, 0.3) is 0 Å². The van der Waals surface area contributed by atoms with Gasteiger partial charge in [0.05, 0.1) is 6.10 Å². The predicted molar refractivity (Wildman–Crippen MR) is 73.8 cm³/mol. The van der Waals surface area contributed by atoms with Gasteiger partial charge in [0.2, 0.25) is 0 Å². The minimum Gasteiger partial charge on any atom is -0.392 e. The number of rotatable bonds is 4. The molecule has 2 heterocycles. The molecule has 1 saturated carbocycles. The Morgan fingerprint density at radius 2 is 2.21 bits per heavy atom. The zero-order valence-electron chi connectivity index (χ0n) is 11.8. The van der Waals surface area contributed by atoms with E-state index in [0.717, 1.165) is 31.9 Å². The molecule has 19 heavy (non-hydrogen) atoms. The maximum Gasteiger partial charge on any atom is 0.131 e. The zero-order chi connectivity index (χ0) is 13.4. The summed E-state index contributed by atoms with van der Waals surface area (Å²) in [4.78, 5) is 11.5.